The highest BCUT2D eigenvalue weighted by atomic mass is 16.4. The van der Waals surface area contributed by atoms with Crippen LogP contribution in [-0.2, 0) is 0 Å². The van der Waals surface area contributed by atoms with Crippen molar-refractivity contribution in [2.75, 3.05) is 34.7 Å². The van der Waals surface area contributed by atoms with Crippen LogP contribution in [0.15, 0.2) is 24.3 Å². The molecule has 0 aromatic heterocycles. The molecule has 118 valence electrons. The first-order valence-electron chi connectivity index (χ1n) is 6.53. The summed E-state index contributed by atoms with van der Waals surface area (Å²) in [5, 5.41) is 17.1. The minimum absolute atomic E-state index is 0.190. The van der Waals surface area contributed by atoms with Gasteiger partial charge < -0.3 is 20.0 Å². The summed E-state index contributed by atoms with van der Waals surface area (Å²) in [4.78, 5) is 25.3. The van der Waals surface area contributed by atoms with Crippen molar-refractivity contribution in [3.8, 4) is 0 Å². The zero-order valence-electron chi connectivity index (χ0n) is 13.2. The fourth-order valence-electron chi connectivity index (χ4n) is 1.55. The van der Waals surface area contributed by atoms with Crippen molar-refractivity contribution in [1.82, 2.24) is 9.80 Å². The lowest BCUT2D eigenvalue weighted by molar-refractivity contribution is 0.0651. The molecule has 1 aromatic carbocycles. The van der Waals surface area contributed by atoms with Gasteiger partial charge in [-0.2, -0.15) is 0 Å². The number of aromatic carboxylic acids is 2. The molecule has 0 radical (unpaired) electrons. The molecule has 0 saturated heterocycles. The molecule has 1 unspecified atom stereocenters. The number of carbonyl (C=O) groups is 2. The van der Waals surface area contributed by atoms with E-state index in [2.05, 4.69) is 44.9 Å². The number of hydrogen-bond donors (Lipinski definition) is 2. The lowest BCUT2D eigenvalue weighted by Gasteiger charge is -2.22. The molecule has 21 heavy (non-hydrogen) atoms. The molecule has 6 heteroatoms. The van der Waals surface area contributed by atoms with E-state index in [4.69, 9.17) is 10.2 Å². The first kappa shape index (κ1) is 19.1. The molecule has 0 fully saturated rings. The summed E-state index contributed by atoms with van der Waals surface area (Å²) < 4.78 is 0. The summed E-state index contributed by atoms with van der Waals surface area (Å²) in [5.74, 6) is -2.46. The maximum Gasteiger partial charge on any atom is 0.336 e. The number of nitrogens with zero attached hydrogens (tertiary/aromatic N) is 2. The normalized spacial score (nSPS) is 11.8. The van der Waals surface area contributed by atoms with Crippen molar-refractivity contribution >= 4 is 11.9 Å². The van der Waals surface area contributed by atoms with Crippen LogP contribution in [0.5, 0.6) is 0 Å². The van der Waals surface area contributed by atoms with Gasteiger partial charge in [0, 0.05) is 12.6 Å². The van der Waals surface area contributed by atoms with E-state index in [0.717, 1.165) is 6.54 Å². The fraction of sp³-hybridized carbons (Fsp3) is 0.467. The lowest BCUT2D eigenvalue weighted by Crippen LogP contribution is -2.34. The van der Waals surface area contributed by atoms with Crippen molar-refractivity contribution in [1.29, 1.82) is 0 Å². The average molecular weight is 296 g/mol. The Morgan fingerprint density at radius 2 is 1.38 bits per heavy atom. The summed E-state index contributed by atoms with van der Waals surface area (Å²) in [7, 11) is 8.41. The Bertz CT molecular complexity index is 439. The highest BCUT2D eigenvalue weighted by Gasteiger charge is 2.13. The Labute approximate surface area is 125 Å². The zero-order valence-corrected chi connectivity index (χ0v) is 13.2. The minimum atomic E-state index is -1.23. The molecular formula is C15H24N2O4. The highest BCUT2D eigenvalue weighted by molar-refractivity contribution is 6.01. The number of hydrogen-bond acceptors (Lipinski definition) is 4. The molecular weight excluding hydrogens is 272 g/mol. The topological polar surface area (TPSA) is 81.1 Å². The lowest BCUT2D eigenvalue weighted by atomic mass is 10.1. The number of likely N-dealkylation sites (N-methyl/N-ethyl adjacent to an activating group) is 2. The van der Waals surface area contributed by atoms with Crippen LogP contribution in [-0.4, -0.2) is 72.7 Å². The molecule has 0 amide bonds. The van der Waals surface area contributed by atoms with Gasteiger partial charge in [0.15, 0.2) is 0 Å². The summed E-state index contributed by atoms with van der Waals surface area (Å²) in [6.45, 7) is 3.35. The second kappa shape index (κ2) is 9.10. The average Bonchev–Trinajstić information content (AvgIpc) is 2.38. The van der Waals surface area contributed by atoms with Gasteiger partial charge in [0.1, 0.15) is 0 Å². The van der Waals surface area contributed by atoms with Gasteiger partial charge in [0.2, 0.25) is 0 Å². The van der Waals surface area contributed by atoms with Crippen LogP contribution in [0.1, 0.15) is 27.6 Å². The Kier molecular flexibility index (Phi) is 8.26. The van der Waals surface area contributed by atoms with E-state index in [-0.39, 0.29) is 11.1 Å². The van der Waals surface area contributed by atoms with E-state index in [1.807, 2.05) is 0 Å². The zero-order chi connectivity index (χ0) is 16.6. The van der Waals surface area contributed by atoms with Crippen LogP contribution in [0.25, 0.3) is 0 Å². The number of benzene rings is 1. The van der Waals surface area contributed by atoms with E-state index in [1.165, 1.54) is 24.3 Å². The predicted octanol–water partition coefficient (Wildman–Crippen LogP) is 1.58. The second-order valence-corrected chi connectivity index (χ2v) is 5.23. The highest BCUT2D eigenvalue weighted by Crippen LogP contribution is 2.07. The third-order valence-electron chi connectivity index (χ3n) is 2.90. The predicted molar refractivity (Wildman–Crippen MR) is 82.1 cm³/mol. The molecule has 0 aliphatic heterocycles. The number of carboxylic acids is 2. The van der Waals surface area contributed by atoms with E-state index in [1.54, 1.807) is 0 Å². The number of rotatable bonds is 5. The first-order valence-corrected chi connectivity index (χ1v) is 6.53. The van der Waals surface area contributed by atoms with Gasteiger partial charge in [-0.15, -0.1) is 0 Å². The summed E-state index contributed by atoms with van der Waals surface area (Å²) >= 11 is 0. The van der Waals surface area contributed by atoms with Crippen LogP contribution in [0.3, 0.4) is 0 Å². The molecule has 2 N–H and O–H groups in total. The molecule has 0 saturated carbocycles. The van der Waals surface area contributed by atoms with Gasteiger partial charge in [-0.05, 0) is 47.2 Å². The SMILES string of the molecule is CC(CN(C)C)N(C)C.O=C(O)c1ccccc1C(=O)O. The molecule has 1 rings (SSSR count). The summed E-state index contributed by atoms with van der Waals surface area (Å²) in [5.41, 5.74) is -0.380. The molecule has 0 aliphatic carbocycles. The third-order valence-corrected chi connectivity index (χ3v) is 2.90. The Morgan fingerprint density at radius 1 is 1.00 bits per heavy atom. The maximum absolute atomic E-state index is 10.5. The van der Waals surface area contributed by atoms with Crippen LogP contribution < -0.4 is 0 Å². The van der Waals surface area contributed by atoms with Gasteiger partial charge >= 0.3 is 11.9 Å². The van der Waals surface area contributed by atoms with Crippen molar-refractivity contribution < 1.29 is 19.8 Å². The van der Waals surface area contributed by atoms with E-state index < -0.39 is 11.9 Å². The van der Waals surface area contributed by atoms with Crippen LogP contribution >= 0.6 is 0 Å². The Balaban J connectivity index is 0.000000400. The van der Waals surface area contributed by atoms with Gasteiger partial charge in [-0.3, -0.25) is 0 Å². The van der Waals surface area contributed by atoms with Crippen LogP contribution in [0.4, 0.5) is 0 Å². The fourth-order valence-corrected chi connectivity index (χ4v) is 1.55. The second-order valence-electron chi connectivity index (χ2n) is 5.23. The molecule has 6 nitrogen and oxygen atoms in total. The largest absolute Gasteiger partial charge is 0.478 e. The van der Waals surface area contributed by atoms with Crippen molar-refractivity contribution in [3.05, 3.63) is 35.4 Å². The molecule has 1 aromatic rings. The monoisotopic (exact) mass is 296 g/mol. The van der Waals surface area contributed by atoms with Crippen LogP contribution in [0.2, 0.25) is 0 Å². The van der Waals surface area contributed by atoms with E-state index in [9.17, 15) is 9.59 Å². The standard InChI is InChI=1S/C8H6O4.C7H18N2/c9-7(10)5-3-1-2-4-6(5)8(11)12;1-7(9(4)5)6-8(2)3/h1-4H,(H,9,10)(H,11,12);7H,6H2,1-5H3. The Morgan fingerprint density at radius 3 is 1.57 bits per heavy atom. The molecule has 0 spiro atoms. The summed E-state index contributed by atoms with van der Waals surface area (Å²) in [6.07, 6.45) is 0. The van der Waals surface area contributed by atoms with Crippen molar-refractivity contribution in [2.24, 2.45) is 0 Å². The third kappa shape index (κ3) is 7.43. The van der Waals surface area contributed by atoms with E-state index >= 15 is 0 Å². The van der Waals surface area contributed by atoms with Crippen molar-refractivity contribution in [3.63, 3.8) is 0 Å². The smallest absolute Gasteiger partial charge is 0.336 e. The molecule has 0 bridgehead atoms. The van der Waals surface area contributed by atoms with E-state index in [0.29, 0.717) is 6.04 Å². The minimum Gasteiger partial charge on any atom is -0.478 e. The Hall–Kier alpha value is -1.92. The maximum atomic E-state index is 10.5. The molecule has 0 heterocycles. The first-order chi connectivity index (χ1) is 9.66. The van der Waals surface area contributed by atoms with Crippen LogP contribution in [0, 0.1) is 0 Å². The van der Waals surface area contributed by atoms with Gasteiger partial charge in [-0.25, -0.2) is 9.59 Å². The molecule has 1 atom stereocenters. The molecule has 0 aliphatic rings. The van der Waals surface area contributed by atoms with Gasteiger partial charge in [0.05, 0.1) is 11.1 Å². The van der Waals surface area contributed by atoms with Gasteiger partial charge in [0.25, 0.3) is 0 Å². The van der Waals surface area contributed by atoms with Crippen molar-refractivity contribution in [2.45, 2.75) is 13.0 Å². The van der Waals surface area contributed by atoms with Gasteiger partial charge in [-0.1, -0.05) is 12.1 Å². The quantitative estimate of drug-likeness (QED) is 0.858. The number of carboxylic acid groups (broad SMARTS) is 2. The summed E-state index contributed by atoms with van der Waals surface area (Å²) in [6, 6.07) is 6.13.